The number of rotatable bonds is 7. The van der Waals surface area contributed by atoms with Crippen LogP contribution in [0.2, 0.25) is 0 Å². The molecule has 1 aromatic rings. The van der Waals surface area contributed by atoms with E-state index in [1.807, 2.05) is 0 Å². The molecule has 94 valence electrons. The first kappa shape index (κ1) is 13.8. The first-order chi connectivity index (χ1) is 8.09. The summed E-state index contributed by atoms with van der Waals surface area (Å²) < 4.78 is 18.5. The number of aryl methyl sites for hydroxylation is 1. The van der Waals surface area contributed by atoms with Crippen molar-refractivity contribution in [3.05, 3.63) is 35.1 Å². The van der Waals surface area contributed by atoms with E-state index in [4.69, 9.17) is 4.74 Å². The van der Waals surface area contributed by atoms with Gasteiger partial charge < -0.3 is 9.53 Å². The Hall–Kier alpha value is -1.22. The van der Waals surface area contributed by atoms with Crippen LogP contribution in [0.5, 0.6) is 0 Å². The van der Waals surface area contributed by atoms with Gasteiger partial charge in [-0.15, -0.1) is 0 Å². The maximum absolute atomic E-state index is 13.0. The maximum Gasteiger partial charge on any atom is 0.129 e. The summed E-state index contributed by atoms with van der Waals surface area (Å²) in [4.78, 5) is 10.7. The van der Waals surface area contributed by atoms with Gasteiger partial charge in [0.25, 0.3) is 0 Å². The molecule has 0 aliphatic heterocycles. The lowest BCUT2D eigenvalue weighted by Gasteiger charge is -2.05. The molecule has 0 amide bonds. The minimum atomic E-state index is -0.185. The quantitative estimate of drug-likeness (QED) is 0.680. The molecular formula is C14H19FO2. The van der Waals surface area contributed by atoms with Crippen LogP contribution in [0, 0.1) is 12.7 Å². The summed E-state index contributed by atoms with van der Waals surface area (Å²) in [7, 11) is 0. The summed E-state index contributed by atoms with van der Waals surface area (Å²) in [6.07, 6.45) is 2.39. The summed E-state index contributed by atoms with van der Waals surface area (Å²) >= 11 is 0. The summed E-state index contributed by atoms with van der Waals surface area (Å²) in [5, 5.41) is 0. The zero-order valence-corrected chi connectivity index (χ0v) is 10.5. The number of Topliss-reactive ketones (excluding diaryl/α,β-unsaturated/α-hetero) is 1. The van der Waals surface area contributed by atoms with Crippen LogP contribution in [0.25, 0.3) is 0 Å². The molecule has 17 heavy (non-hydrogen) atoms. The number of halogens is 1. The summed E-state index contributed by atoms with van der Waals surface area (Å²) in [6, 6.07) is 4.99. The van der Waals surface area contributed by atoms with Gasteiger partial charge in [0.2, 0.25) is 0 Å². The van der Waals surface area contributed by atoms with E-state index in [1.165, 1.54) is 6.07 Å². The Morgan fingerprint density at radius 1 is 1.35 bits per heavy atom. The van der Waals surface area contributed by atoms with Crippen molar-refractivity contribution in [1.29, 1.82) is 0 Å². The van der Waals surface area contributed by atoms with Gasteiger partial charge in [-0.3, -0.25) is 0 Å². The molecule has 0 N–H and O–H groups in total. The molecule has 0 unspecified atom stereocenters. The van der Waals surface area contributed by atoms with Gasteiger partial charge >= 0.3 is 0 Å². The number of carbonyl (C=O) groups excluding carboxylic acids is 1. The molecule has 0 bridgehead atoms. The third-order valence-electron chi connectivity index (χ3n) is 2.56. The number of unbranched alkanes of at least 4 members (excludes halogenated alkanes) is 1. The molecule has 0 spiro atoms. The summed E-state index contributed by atoms with van der Waals surface area (Å²) in [5.41, 5.74) is 1.62. The first-order valence-electron chi connectivity index (χ1n) is 5.92. The summed E-state index contributed by atoms with van der Waals surface area (Å²) in [6.45, 7) is 4.48. The zero-order chi connectivity index (χ0) is 12.7. The molecule has 0 aliphatic carbocycles. The van der Waals surface area contributed by atoms with Crippen LogP contribution in [-0.2, 0) is 16.1 Å². The van der Waals surface area contributed by atoms with Gasteiger partial charge in [-0.05, 0) is 43.9 Å². The summed E-state index contributed by atoms with van der Waals surface area (Å²) in [5.74, 6) is 0.0365. The number of ether oxygens (including phenoxy) is 1. The van der Waals surface area contributed by atoms with Gasteiger partial charge in [0.05, 0.1) is 6.61 Å². The van der Waals surface area contributed by atoms with Crippen molar-refractivity contribution >= 4 is 5.78 Å². The second kappa shape index (κ2) is 7.17. The average Bonchev–Trinajstić information content (AvgIpc) is 2.27. The lowest BCUT2D eigenvalue weighted by atomic mass is 10.1. The second-order valence-corrected chi connectivity index (χ2v) is 4.30. The number of ketones is 1. The highest BCUT2D eigenvalue weighted by atomic mass is 19.1. The van der Waals surface area contributed by atoms with Crippen LogP contribution in [0.3, 0.4) is 0 Å². The van der Waals surface area contributed by atoms with Crippen molar-refractivity contribution in [3.63, 3.8) is 0 Å². The Kier molecular flexibility index (Phi) is 5.84. The van der Waals surface area contributed by atoms with Gasteiger partial charge in [-0.25, -0.2) is 4.39 Å². The van der Waals surface area contributed by atoms with E-state index in [1.54, 1.807) is 26.0 Å². The molecule has 0 aliphatic rings. The molecule has 0 radical (unpaired) electrons. The van der Waals surface area contributed by atoms with Crippen LogP contribution < -0.4 is 0 Å². The fraction of sp³-hybridized carbons (Fsp3) is 0.500. The standard InChI is InChI=1S/C14H19FO2/c1-11-9-13(6-7-14(11)15)10-17-8-4-3-5-12(2)16/h6-7,9H,3-5,8,10H2,1-2H3. The van der Waals surface area contributed by atoms with E-state index in [0.717, 1.165) is 18.4 Å². The third kappa shape index (κ3) is 5.59. The van der Waals surface area contributed by atoms with Gasteiger partial charge in [0, 0.05) is 13.0 Å². The molecular weight excluding hydrogens is 219 g/mol. The topological polar surface area (TPSA) is 26.3 Å². The zero-order valence-electron chi connectivity index (χ0n) is 10.5. The number of hydrogen-bond acceptors (Lipinski definition) is 2. The van der Waals surface area contributed by atoms with Crippen molar-refractivity contribution in [2.75, 3.05) is 6.61 Å². The highest BCUT2D eigenvalue weighted by Crippen LogP contribution is 2.10. The molecule has 1 rings (SSSR count). The van der Waals surface area contributed by atoms with Gasteiger partial charge in [0.1, 0.15) is 11.6 Å². The van der Waals surface area contributed by atoms with E-state index in [2.05, 4.69) is 0 Å². The van der Waals surface area contributed by atoms with E-state index in [-0.39, 0.29) is 11.6 Å². The number of benzene rings is 1. The first-order valence-corrected chi connectivity index (χ1v) is 5.92. The Balaban J connectivity index is 2.18. The largest absolute Gasteiger partial charge is 0.377 e. The van der Waals surface area contributed by atoms with Crippen LogP contribution in [0.1, 0.15) is 37.3 Å². The minimum absolute atomic E-state index is 0.185. The molecule has 3 heteroatoms. The molecule has 0 saturated carbocycles. The second-order valence-electron chi connectivity index (χ2n) is 4.30. The predicted octanol–water partition coefficient (Wildman–Crippen LogP) is 3.41. The van der Waals surface area contributed by atoms with E-state index < -0.39 is 0 Å². The van der Waals surface area contributed by atoms with Crippen LogP contribution in [0.15, 0.2) is 18.2 Å². The van der Waals surface area contributed by atoms with Gasteiger partial charge in [-0.1, -0.05) is 12.1 Å². The van der Waals surface area contributed by atoms with Gasteiger partial charge in [-0.2, -0.15) is 0 Å². The minimum Gasteiger partial charge on any atom is -0.377 e. The van der Waals surface area contributed by atoms with Crippen LogP contribution in [-0.4, -0.2) is 12.4 Å². The lowest BCUT2D eigenvalue weighted by Crippen LogP contribution is -1.98. The number of hydrogen-bond donors (Lipinski definition) is 0. The third-order valence-corrected chi connectivity index (χ3v) is 2.56. The SMILES string of the molecule is CC(=O)CCCCOCc1ccc(F)c(C)c1. The lowest BCUT2D eigenvalue weighted by molar-refractivity contribution is -0.117. The van der Waals surface area contributed by atoms with E-state index in [0.29, 0.717) is 25.2 Å². The Morgan fingerprint density at radius 2 is 2.12 bits per heavy atom. The van der Waals surface area contributed by atoms with Crippen molar-refractivity contribution in [2.45, 2.75) is 39.7 Å². The fourth-order valence-corrected chi connectivity index (χ4v) is 1.56. The molecule has 1 aromatic carbocycles. The van der Waals surface area contributed by atoms with Crippen molar-refractivity contribution in [2.24, 2.45) is 0 Å². The molecule has 0 fully saturated rings. The molecule has 0 saturated heterocycles. The molecule has 0 atom stereocenters. The Morgan fingerprint density at radius 3 is 2.76 bits per heavy atom. The fourth-order valence-electron chi connectivity index (χ4n) is 1.56. The molecule has 0 aromatic heterocycles. The average molecular weight is 238 g/mol. The van der Waals surface area contributed by atoms with Crippen LogP contribution in [0.4, 0.5) is 4.39 Å². The predicted molar refractivity (Wildman–Crippen MR) is 65.3 cm³/mol. The normalized spacial score (nSPS) is 10.5. The molecule has 2 nitrogen and oxygen atoms in total. The van der Waals surface area contributed by atoms with Crippen molar-refractivity contribution in [1.82, 2.24) is 0 Å². The highest BCUT2D eigenvalue weighted by Gasteiger charge is 1.99. The van der Waals surface area contributed by atoms with Crippen LogP contribution >= 0.6 is 0 Å². The maximum atomic E-state index is 13.0. The monoisotopic (exact) mass is 238 g/mol. The Bertz CT molecular complexity index is 374. The Labute approximate surface area is 102 Å². The smallest absolute Gasteiger partial charge is 0.129 e. The van der Waals surface area contributed by atoms with Crippen molar-refractivity contribution < 1.29 is 13.9 Å². The van der Waals surface area contributed by atoms with Crippen molar-refractivity contribution in [3.8, 4) is 0 Å². The number of carbonyl (C=O) groups is 1. The highest BCUT2D eigenvalue weighted by molar-refractivity contribution is 5.75. The molecule has 0 heterocycles. The van der Waals surface area contributed by atoms with E-state index in [9.17, 15) is 9.18 Å². The van der Waals surface area contributed by atoms with E-state index >= 15 is 0 Å². The van der Waals surface area contributed by atoms with Gasteiger partial charge in [0.15, 0.2) is 0 Å².